The number of benzene rings is 1. The lowest BCUT2D eigenvalue weighted by Gasteiger charge is -2.08. The molecular formula is C13H10F4N4O3S. The Balaban J connectivity index is 1.83. The summed E-state index contributed by atoms with van der Waals surface area (Å²) in [5, 5.41) is 10.4. The molecule has 0 saturated heterocycles. The molecule has 1 aromatic heterocycles. The molecule has 0 fully saturated rings. The summed E-state index contributed by atoms with van der Waals surface area (Å²) in [4.78, 5) is 22.6. The zero-order valence-electron chi connectivity index (χ0n) is 12.3. The maximum Gasteiger partial charge on any atom is 0.405 e. The molecule has 2 rings (SSSR count). The van der Waals surface area contributed by atoms with Crippen LogP contribution >= 0.6 is 11.8 Å². The number of halogens is 4. The van der Waals surface area contributed by atoms with Gasteiger partial charge in [-0.1, -0.05) is 23.9 Å². The van der Waals surface area contributed by atoms with Gasteiger partial charge < -0.3 is 9.73 Å². The molecule has 0 spiro atoms. The van der Waals surface area contributed by atoms with E-state index in [-0.39, 0.29) is 22.4 Å². The van der Waals surface area contributed by atoms with E-state index < -0.39 is 30.5 Å². The summed E-state index contributed by atoms with van der Waals surface area (Å²) in [5.41, 5.74) is 0.0813. The van der Waals surface area contributed by atoms with Gasteiger partial charge in [0.1, 0.15) is 12.4 Å². The van der Waals surface area contributed by atoms with Crippen LogP contribution in [0.5, 0.6) is 0 Å². The van der Waals surface area contributed by atoms with Crippen molar-refractivity contribution in [1.82, 2.24) is 20.8 Å². The van der Waals surface area contributed by atoms with Crippen LogP contribution in [0.25, 0.3) is 11.5 Å². The molecule has 0 saturated carbocycles. The second kappa shape index (κ2) is 7.96. The van der Waals surface area contributed by atoms with Crippen molar-refractivity contribution in [3.05, 3.63) is 30.1 Å². The molecule has 12 heteroatoms. The van der Waals surface area contributed by atoms with Crippen molar-refractivity contribution in [1.29, 1.82) is 0 Å². The predicted octanol–water partition coefficient (Wildman–Crippen LogP) is 2.36. The predicted molar refractivity (Wildman–Crippen MR) is 78.0 cm³/mol. The third kappa shape index (κ3) is 6.06. The number of nitrogens with zero attached hydrogens (tertiary/aromatic N) is 2. The monoisotopic (exact) mass is 378 g/mol. The molecule has 25 heavy (non-hydrogen) atoms. The van der Waals surface area contributed by atoms with E-state index in [2.05, 4.69) is 10.2 Å². The lowest BCUT2D eigenvalue weighted by Crippen LogP contribution is -2.43. The maximum atomic E-state index is 13.6. The van der Waals surface area contributed by atoms with E-state index in [9.17, 15) is 27.2 Å². The Morgan fingerprint density at radius 1 is 1.20 bits per heavy atom. The first kappa shape index (κ1) is 18.7. The summed E-state index contributed by atoms with van der Waals surface area (Å²) in [6, 6.07) is 4.41. The van der Waals surface area contributed by atoms with Gasteiger partial charge in [0.15, 0.2) is 0 Å². The van der Waals surface area contributed by atoms with Crippen LogP contribution in [0.1, 0.15) is 0 Å². The van der Waals surface area contributed by atoms with Crippen LogP contribution in [0.2, 0.25) is 0 Å². The molecule has 134 valence electrons. The number of thioether (sulfide) groups is 1. The number of alkyl halides is 3. The number of rotatable bonds is 5. The maximum absolute atomic E-state index is 13.6. The number of hydrogen-bond acceptors (Lipinski definition) is 6. The minimum atomic E-state index is -4.58. The third-order valence-corrected chi connectivity index (χ3v) is 3.36. The Labute approximate surface area is 142 Å². The summed E-state index contributed by atoms with van der Waals surface area (Å²) >= 11 is 0.739. The van der Waals surface area contributed by atoms with Gasteiger partial charge in [0.25, 0.3) is 11.1 Å². The van der Waals surface area contributed by atoms with E-state index in [0.717, 1.165) is 11.8 Å². The molecule has 1 heterocycles. The number of aromatic nitrogens is 2. The fourth-order valence-corrected chi connectivity index (χ4v) is 2.09. The van der Waals surface area contributed by atoms with Crippen molar-refractivity contribution in [2.24, 2.45) is 0 Å². The van der Waals surface area contributed by atoms with Crippen molar-refractivity contribution in [3.8, 4) is 11.5 Å². The molecule has 2 aromatic rings. The van der Waals surface area contributed by atoms with Gasteiger partial charge in [-0.25, -0.2) is 9.18 Å². The zero-order valence-corrected chi connectivity index (χ0v) is 13.1. The van der Waals surface area contributed by atoms with Crippen molar-refractivity contribution in [2.45, 2.75) is 11.4 Å². The molecular weight excluding hydrogens is 368 g/mol. The van der Waals surface area contributed by atoms with Crippen LogP contribution in [0.15, 0.2) is 33.9 Å². The van der Waals surface area contributed by atoms with Gasteiger partial charge in [0.05, 0.1) is 11.3 Å². The number of hydrogen-bond donors (Lipinski definition) is 2. The second-order valence-electron chi connectivity index (χ2n) is 4.49. The molecule has 0 aliphatic rings. The van der Waals surface area contributed by atoms with Crippen LogP contribution in [0, 0.1) is 5.82 Å². The molecule has 1 aromatic carbocycles. The fourth-order valence-electron chi connectivity index (χ4n) is 1.53. The zero-order chi connectivity index (χ0) is 18.4. The summed E-state index contributed by atoms with van der Waals surface area (Å²) < 4.78 is 54.5. The smallest absolute Gasteiger partial charge is 0.405 e. The normalized spacial score (nSPS) is 11.2. The van der Waals surface area contributed by atoms with Crippen molar-refractivity contribution < 1.29 is 31.6 Å². The molecule has 3 amide bonds. The van der Waals surface area contributed by atoms with Gasteiger partial charge in [-0.05, 0) is 12.1 Å². The summed E-state index contributed by atoms with van der Waals surface area (Å²) in [5.74, 6) is -1.89. The molecule has 0 aliphatic carbocycles. The Bertz CT molecular complexity index is 766. The molecule has 0 aliphatic heterocycles. The second-order valence-corrected chi connectivity index (χ2v) is 5.41. The minimum absolute atomic E-state index is 0.0656. The Hall–Kier alpha value is -2.63. The number of carbonyl (C=O) groups is 2. The molecule has 0 unspecified atom stereocenters. The van der Waals surface area contributed by atoms with E-state index in [1.54, 1.807) is 11.4 Å². The lowest BCUT2D eigenvalue weighted by molar-refractivity contribution is -0.124. The van der Waals surface area contributed by atoms with E-state index in [1.807, 2.05) is 0 Å². The topological polar surface area (TPSA) is 97.1 Å². The highest BCUT2D eigenvalue weighted by atomic mass is 32.2. The molecule has 0 atom stereocenters. The van der Waals surface area contributed by atoms with Gasteiger partial charge >= 0.3 is 12.2 Å². The first-order valence-electron chi connectivity index (χ1n) is 6.60. The quantitative estimate of drug-likeness (QED) is 0.612. The lowest BCUT2D eigenvalue weighted by atomic mass is 10.2. The molecule has 7 nitrogen and oxygen atoms in total. The van der Waals surface area contributed by atoms with E-state index in [4.69, 9.17) is 4.42 Å². The Kier molecular flexibility index (Phi) is 5.96. The first-order chi connectivity index (χ1) is 11.7. The summed E-state index contributed by atoms with van der Waals surface area (Å²) in [6.07, 6.45) is -4.58. The van der Waals surface area contributed by atoms with Crippen LogP contribution in [-0.2, 0) is 4.79 Å². The number of urea groups is 1. The van der Waals surface area contributed by atoms with Crippen LogP contribution < -0.4 is 10.6 Å². The van der Waals surface area contributed by atoms with Crippen LogP contribution in [0.4, 0.5) is 22.4 Å². The highest BCUT2D eigenvalue weighted by Gasteiger charge is 2.28. The van der Waals surface area contributed by atoms with E-state index in [0.29, 0.717) is 0 Å². The number of nitrogens with one attached hydrogen (secondary N) is 2. The average molecular weight is 378 g/mol. The SMILES string of the molecule is O=C(CSc1nnc(-c2ccccc2F)o1)NC(=O)NCC(F)(F)F. The van der Waals surface area contributed by atoms with E-state index >= 15 is 0 Å². The Morgan fingerprint density at radius 2 is 1.92 bits per heavy atom. The van der Waals surface area contributed by atoms with Crippen LogP contribution in [0.3, 0.4) is 0 Å². The standard InChI is InChI=1S/C13H10F4N4O3S/c14-8-4-2-1-3-7(8)10-20-21-12(24-10)25-5-9(22)19-11(23)18-6-13(15,16)17/h1-4H,5-6H2,(H2,18,19,22,23). The third-order valence-electron chi connectivity index (χ3n) is 2.54. The van der Waals surface area contributed by atoms with Gasteiger partial charge in [-0.3, -0.25) is 10.1 Å². The molecule has 0 bridgehead atoms. The minimum Gasteiger partial charge on any atom is -0.411 e. The van der Waals surface area contributed by atoms with Crippen LogP contribution in [-0.4, -0.2) is 40.6 Å². The molecule has 0 radical (unpaired) electrons. The largest absolute Gasteiger partial charge is 0.411 e. The first-order valence-corrected chi connectivity index (χ1v) is 7.59. The van der Waals surface area contributed by atoms with Gasteiger partial charge in [0, 0.05) is 0 Å². The van der Waals surface area contributed by atoms with Gasteiger partial charge in [-0.2, -0.15) is 13.2 Å². The van der Waals surface area contributed by atoms with Gasteiger partial charge in [0.2, 0.25) is 5.91 Å². The number of amides is 3. The summed E-state index contributed by atoms with van der Waals surface area (Å²) in [7, 11) is 0. The van der Waals surface area contributed by atoms with Crippen molar-refractivity contribution >= 4 is 23.7 Å². The summed E-state index contributed by atoms with van der Waals surface area (Å²) in [6.45, 7) is -1.56. The van der Waals surface area contributed by atoms with E-state index in [1.165, 1.54) is 23.5 Å². The number of imide groups is 1. The fraction of sp³-hybridized carbons (Fsp3) is 0.231. The van der Waals surface area contributed by atoms with Crippen molar-refractivity contribution in [3.63, 3.8) is 0 Å². The average Bonchev–Trinajstić information content (AvgIpc) is 2.99. The highest BCUT2D eigenvalue weighted by Crippen LogP contribution is 2.24. The highest BCUT2D eigenvalue weighted by molar-refractivity contribution is 7.99. The number of carbonyl (C=O) groups excluding carboxylic acids is 2. The Morgan fingerprint density at radius 3 is 2.60 bits per heavy atom. The van der Waals surface area contributed by atoms with Gasteiger partial charge in [-0.15, -0.1) is 10.2 Å². The van der Waals surface area contributed by atoms with Crippen molar-refractivity contribution in [2.75, 3.05) is 12.3 Å². The molecule has 2 N–H and O–H groups in total.